The number of likely N-dealkylation sites (tertiary alicyclic amines) is 1. The second kappa shape index (κ2) is 6.67. The Morgan fingerprint density at radius 2 is 1.84 bits per heavy atom. The van der Waals surface area contributed by atoms with Crippen molar-refractivity contribution in [2.24, 2.45) is 5.92 Å². The molecule has 1 aromatic heterocycles. The zero-order chi connectivity index (χ0) is 17.2. The van der Waals surface area contributed by atoms with Gasteiger partial charge in [-0.2, -0.15) is 0 Å². The molecule has 1 aliphatic heterocycles. The Balaban J connectivity index is 1.50. The van der Waals surface area contributed by atoms with Crippen LogP contribution in [-0.4, -0.2) is 33.8 Å². The van der Waals surface area contributed by atoms with Crippen molar-refractivity contribution >= 4 is 11.8 Å². The number of nitrogens with zero attached hydrogens (tertiary/aromatic N) is 2. The van der Waals surface area contributed by atoms with Crippen LogP contribution in [0.3, 0.4) is 0 Å². The lowest BCUT2D eigenvalue weighted by atomic mass is 9.97. The van der Waals surface area contributed by atoms with Gasteiger partial charge >= 0.3 is 0 Å². The molecular formula is C20H21N3O2. The molecule has 0 radical (unpaired) electrons. The highest BCUT2D eigenvalue weighted by molar-refractivity contribution is 5.98. The van der Waals surface area contributed by atoms with Gasteiger partial charge in [0.15, 0.2) is 0 Å². The predicted octanol–water partition coefficient (Wildman–Crippen LogP) is 2.39. The second-order valence-electron chi connectivity index (χ2n) is 6.82. The van der Waals surface area contributed by atoms with Gasteiger partial charge in [0.25, 0.3) is 5.91 Å². The molecule has 1 saturated carbocycles. The van der Waals surface area contributed by atoms with Gasteiger partial charge in [-0.3, -0.25) is 14.6 Å². The summed E-state index contributed by atoms with van der Waals surface area (Å²) in [4.78, 5) is 31.6. The van der Waals surface area contributed by atoms with Gasteiger partial charge in [-0.15, -0.1) is 0 Å². The third kappa shape index (κ3) is 3.02. The standard InChI is InChI=1S/C20H21N3O2/c24-19(22-13-14-8-10-21-11-9-14)18-16-6-7-17(12-16)23(18)20(25)15-4-2-1-3-5-15/h1-5,8-11,16-18H,6-7,12-13H2,(H,22,24)/t16-,17-,18+/m0/s1. The summed E-state index contributed by atoms with van der Waals surface area (Å²) in [5, 5.41) is 3.00. The first-order valence-electron chi connectivity index (χ1n) is 8.78. The highest BCUT2D eigenvalue weighted by Crippen LogP contribution is 2.43. The molecule has 128 valence electrons. The van der Waals surface area contributed by atoms with E-state index in [0.29, 0.717) is 12.1 Å². The van der Waals surface area contributed by atoms with Crippen molar-refractivity contribution in [1.29, 1.82) is 0 Å². The van der Waals surface area contributed by atoms with Crippen molar-refractivity contribution in [2.45, 2.75) is 37.9 Å². The van der Waals surface area contributed by atoms with Gasteiger partial charge in [0, 0.05) is 30.5 Å². The number of aromatic nitrogens is 1. The van der Waals surface area contributed by atoms with Gasteiger partial charge in [-0.1, -0.05) is 18.2 Å². The van der Waals surface area contributed by atoms with Gasteiger partial charge < -0.3 is 10.2 Å². The van der Waals surface area contributed by atoms with E-state index in [1.54, 1.807) is 12.4 Å². The molecule has 4 rings (SSSR count). The van der Waals surface area contributed by atoms with Crippen LogP contribution in [0.4, 0.5) is 0 Å². The number of pyridine rings is 1. The number of nitrogens with one attached hydrogen (secondary N) is 1. The maximum absolute atomic E-state index is 13.0. The maximum atomic E-state index is 13.0. The molecule has 2 aromatic rings. The summed E-state index contributed by atoms with van der Waals surface area (Å²) >= 11 is 0. The minimum Gasteiger partial charge on any atom is -0.350 e. The molecule has 2 amide bonds. The molecule has 5 nitrogen and oxygen atoms in total. The summed E-state index contributed by atoms with van der Waals surface area (Å²) in [5.74, 6) is 0.195. The van der Waals surface area contributed by atoms with Crippen molar-refractivity contribution in [3.05, 3.63) is 66.0 Å². The van der Waals surface area contributed by atoms with E-state index in [9.17, 15) is 9.59 Å². The molecule has 2 heterocycles. The van der Waals surface area contributed by atoms with E-state index in [-0.39, 0.29) is 29.8 Å². The van der Waals surface area contributed by atoms with Gasteiger partial charge in [0.2, 0.25) is 5.91 Å². The van der Waals surface area contributed by atoms with Gasteiger partial charge in [0.1, 0.15) is 6.04 Å². The maximum Gasteiger partial charge on any atom is 0.254 e. The van der Waals surface area contributed by atoms with Crippen LogP contribution < -0.4 is 5.32 Å². The van der Waals surface area contributed by atoms with Crippen LogP contribution in [0, 0.1) is 5.92 Å². The molecule has 1 N–H and O–H groups in total. The lowest BCUT2D eigenvalue weighted by Gasteiger charge is -2.34. The number of hydrogen-bond acceptors (Lipinski definition) is 3. The molecule has 1 aliphatic carbocycles. The second-order valence-corrected chi connectivity index (χ2v) is 6.82. The molecular weight excluding hydrogens is 314 g/mol. The highest BCUT2D eigenvalue weighted by atomic mass is 16.2. The topological polar surface area (TPSA) is 62.3 Å². The van der Waals surface area contributed by atoms with Crippen molar-refractivity contribution < 1.29 is 9.59 Å². The molecule has 0 spiro atoms. The Hall–Kier alpha value is -2.69. The summed E-state index contributed by atoms with van der Waals surface area (Å²) in [7, 11) is 0. The quantitative estimate of drug-likeness (QED) is 0.933. The first kappa shape index (κ1) is 15.8. The first-order chi connectivity index (χ1) is 12.2. The summed E-state index contributed by atoms with van der Waals surface area (Å²) in [5.41, 5.74) is 1.66. The number of hydrogen-bond donors (Lipinski definition) is 1. The fraction of sp³-hybridized carbons (Fsp3) is 0.350. The van der Waals surface area contributed by atoms with E-state index in [2.05, 4.69) is 10.3 Å². The fourth-order valence-electron chi connectivity index (χ4n) is 4.14. The average Bonchev–Trinajstić information content (AvgIpc) is 3.28. The van der Waals surface area contributed by atoms with E-state index in [0.717, 1.165) is 24.8 Å². The van der Waals surface area contributed by atoms with Crippen molar-refractivity contribution in [2.75, 3.05) is 0 Å². The van der Waals surface area contributed by atoms with E-state index in [1.807, 2.05) is 47.4 Å². The van der Waals surface area contributed by atoms with Crippen LogP contribution in [0.2, 0.25) is 0 Å². The molecule has 2 bridgehead atoms. The number of benzene rings is 1. The van der Waals surface area contributed by atoms with Crippen molar-refractivity contribution in [3.8, 4) is 0 Å². The average molecular weight is 335 g/mol. The highest BCUT2D eigenvalue weighted by Gasteiger charge is 2.51. The third-order valence-electron chi connectivity index (χ3n) is 5.33. The molecule has 3 atom stereocenters. The first-order valence-corrected chi connectivity index (χ1v) is 8.78. The van der Waals surface area contributed by atoms with Gasteiger partial charge in [-0.25, -0.2) is 0 Å². The molecule has 2 fully saturated rings. The number of rotatable bonds is 4. The van der Waals surface area contributed by atoms with E-state index in [1.165, 1.54) is 0 Å². The van der Waals surface area contributed by atoms with Crippen LogP contribution in [0.25, 0.3) is 0 Å². The molecule has 25 heavy (non-hydrogen) atoms. The number of piperidine rings is 1. The largest absolute Gasteiger partial charge is 0.350 e. The molecule has 5 heteroatoms. The fourth-order valence-corrected chi connectivity index (χ4v) is 4.14. The Morgan fingerprint density at radius 3 is 2.60 bits per heavy atom. The summed E-state index contributed by atoms with van der Waals surface area (Å²) < 4.78 is 0. The Labute approximate surface area is 147 Å². The SMILES string of the molecule is O=C(NCc1ccncc1)[C@H]1[C@H]2CC[C@@H](C2)N1C(=O)c1ccccc1. The van der Waals surface area contributed by atoms with Crippen LogP contribution >= 0.6 is 0 Å². The summed E-state index contributed by atoms with van der Waals surface area (Å²) in [6.07, 6.45) is 6.38. The number of fused-ring (bicyclic) bond motifs is 2. The normalized spacial score (nSPS) is 24.3. The van der Waals surface area contributed by atoms with Crippen molar-refractivity contribution in [1.82, 2.24) is 15.2 Å². The molecule has 1 aromatic carbocycles. The molecule has 1 saturated heterocycles. The van der Waals surface area contributed by atoms with Gasteiger partial charge in [-0.05, 0) is 55.0 Å². The lowest BCUT2D eigenvalue weighted by molar-refractivity contribution is -0.127. The van der Waals surface area contributed by atoms with Crippen LogP contribution in [-0.2, 0) is 11.3 Å². The Kier molecular flexibility index (Phi) is 4.22. The molecule has 2 aliphatic rings. The summed E-state index contributed by atoms with van der Waals surface area (Å²) in [6.45, 7) is 0.461. The Bertz CT molecular complexity index is 763. The Morgan fingerprint density at radius 1 is 1.08 bits per heavy atom. The lowest BCUT2D eigenvalue weighted by Crippen LogP contribution is -2.52. The molecule has 0 unspecified atom stereocenters. The van der Waals surface area contributed by atoms with Crippen LogP contribution in [0.5, 0.6) is 0 Å². The van der Waals surface area contributed by atoms with Crippen molar-refractivity contribution in [3.63, 3.8) is 0 Å². The monoisotopic (exact) mass is 335 g/mol. The van der Waals surface area contributed by atoms with E-state index in [4.69, 9.17) is 0 Å². The zero-order valence-electron chi connectivity index (χ0n) is 14.0. The smallest absolute Gasteiger partial charge is 0.254 e. The number of carbonyl (C=O) groups is 2. The van der Waals surface area contributed by atoms with E-state index >= 15 is 0 Å². The van der Waals surface area contributed by atoms with E-state index < -0.39 is 0 Å². The third-order valence-corrected chi connectivity index (χ3v) is 5.33. The predicted molar refractivity (Wildman–Crippen MR) is 93.6 cm³/mol. The number of amides is 2. The van der Waals surface area contributed by atoms with Crippen LogP contribution in [0.1, 0.15) is 35.2 Å². The number of carbonyl (C=O) groups excluding carboxylic acids is 2. The minimum absolute atomic E-state index is 0.0307. The van der Waals surface area contributed by atoms with Crippen LogP contribution in [0.15, 0.2) is 54.9 Å². The summed E-state index contributed by atoms with van der Waals surface area (Å²) in [6, 6.07) is 12.9. The zero-order valence-corrected chi connectivity index (χ0v) is 14.0. The minimum atomic E-state index is -0.353. The van der Waals surface area contributed by atoms with Gasteiger partial charge in [0.05, 0.1) is 0 Å².